The molecule has 0 amide bonds. The van der Waals surface area contributed by atoms with Crippen LogP contribution >= 0.6 is 15.9 Å². The third-order valence-corrected chi connectivity index (χ3v) is 3.16. The standard InChI is InChI=1S/C13H19BrFNO/c1-4-17-8-9(2)16-10(3)11-5-6-13(15)12(14)7-11/h5-7,9-10,16H,4,8H2,1-3H3. The Balaban J connectivity index is 2.57. The number of benzene rings is 1. The van der Waals surface area contributed by atoms with Crippen molar-refractivity contribution >= 4 is 15.9 Å². The highest BCUT2D eigenvalue weighted by Gasteiger charge is 2.11. The molecule has 0 fully saturated rings. The van der Waals surface area contributed by atoms with E-state index in [1.165, 1.54) is 6.07 Å². The van der Waals surface area contributed by atoms with E-state index in [4.69, 9.17) is 4.74 Å². The highest BCUT2D eigenvalue weighted by molar-refractivity contribution is 9.10. The summed E-state index contributed by atoms with van der Waals surface area (Å²) in [5.74, 6) is -0.233. The lowest BCUT2D eigenvalue weighted by Gasteiger charge is -2.20. The maximum atomic E-state index is 13.1. The minimum atomic E-state index is -0.233. The van der Waals surface area contributed by atoms with Crippen LogP contribution in [0.3, 0.4) is 0 Å². The molecule has 96 valence electrons. The number of hydrogen-bond donors (Lipinski definition) is 1. The minimum Gasteiger partial charge on any atom is -0.380 e. The summed E-state index contributed by atoms with van der Waals surface area (Å²) in [6.45, 7) is 7.52. The molecular formula is C13H19BrFNO. The van der Waals surface area contributed by atoms with E-state index in [0.717, 1.165) is 12.2 Å². The van der Waals surface area contributed by atoms with Gasteiger partial charge in [-0.05, 0) is 54.4 Å². The Morgan fingerprint density at radius 3 is 2.71 bits per heavy atom. The summed E-state index contributed by atoms with van der Waals surface area (Å²) in [5, 5.41) is 3.41. The highest BCUT2D eigenvalue weighted by Crippen LogP contribution is 2.21. The van der Waals surface area contributed by atoms with Crippen LogP contribution in [0.25, 0.3) is 0 Å². The number of hydrogen-bond acceptors (Lipinski definition) is 2. The van der Waals surface area contributed by atoms with Gasteiger partial charge in [-0.1, -0.05) is 6.07 Å². The van der Waals surface area contributed by atoms with Crippen LogP contribution in [0, 0.1) is 5.82 Å². The summed E-state index contributed by atoms with van der Waals surface area (Å²) in [4.78, 5) is 0. The highest BCUT2D eigenvalue weighted by atomic mass is 79.9. The molecule has 0 aromatic heterocycles. The molecule has 4 heteroatoms. The summed E-state index contributed by atoms with van der Waals surface area (Å²) in [7, 11) is 0. The first kappa shape index (κ1) is 14.6. The van der Waals surface area contributed by atoms with Crippen LogP contribution in [0.1, 0.15) is 32.4 Å². The van der Waals surface area contributed by atoms with E-state index in [2.05, 4.69) is 35.1 Å². The Morgan fingerprint density at radius 2 is 2.12 bits per heavy atom. The van der Waals surface area contributed by atoms with Crippen LogP contribution < -0.4 is 5.32 Å². The Labute approximate surface area is 111 Å². The van der Waals surface area contributed by atoms with Crippen molar-refractivity contribution in [3.63, 3.8) is 0 Å². The van der Waals surface area contributed by atoms with Crippen molar-refractivity contribution < 1.29 is 9.13 Å². The molecule has 1 N–H and O–H groups in total. The van der Waals surface area contributed by atoms with E-state index >= 15 is 0 Å². The van der Waals surface area contributed by atoms with Gasteiger partial charge in [0, 0.05) is 18.7 Å². The second-order valence-corrected chi connectivity index (χ2v) is 4.98. The number of nitrogens with one attached hydrogen (secondary N) is 1. The van der Waals surface area contributed by atoms with E-state index in [1.807, 2.05) is 6.92 Å². The lowest BCUT2D eigenvalue weighted by atomic mass is 10.1. The topological polar surface area (TPSA) is 21.3 Å². The monoisotopic (exact) mass is 303 g/mol. The molecule has 0 radical (unpaired) electrons. The summed E-state index contributed by atoms with van der Waals surface area (Å²) in [6, 6.07) is 5.52. The summed E-state index contributed by atoms with van der Waals surface area (Å²) >= 11 is 3.20. The molecule has 17 heavy (non-hydrogen) atoms. The van der Waals surface area contributed by atoms with Gasteiger partial charge in [0.2, 0.25) is 0 Å². The molecule has 0 heterocycles. The zero-order valence-electron chi connectivity index (χ0n) is 10.5. The van der Waals surface area contributed by atoms with Crippen LogP contribution in [-0.2, 0) is 4.74 Å². The van der Waals surface area contributed by atoms with Crippen molar-refractivity contribution in [3.05, 3.63) is 34.1 Å². The zero-order valence-corrected chi connectivity index (χ0v) is 12.1. The van der Waals surface area contributed by atoms with Gasteiger partial charge in [-0.2, -0.15) is 0 Å². The molecule has 1 aromatic carbocycles. The third-order valence-electron chi connectivity index (χ3n) is 2.55. The van der Waals surface area contributed by atoms with Gasteiger partial charge < -0.3 is 10.1 Å². The zero-order chi connectivity index (χ0) is 12.8. The van der Waals surface area contributed by atoms with E-state index in [0.29, 0.717) is 11.1 Å². The molecule has 0 aliphatic carbocycles. The molecule has 2 nitrogen and oxygen atoms in total. The Morgan fingerprint density at radius 1 is 1.41 bits per heavy atom. The van der Waals surface area contributed by atoms with Crippen molar-refractivity contribution in [2.75, 3.05) is 13.2 Å². The Kier molecular flexibility index (Phi) is 6.09. The van der Waals surface area contributed by atoms with Crippen LogP contribution in [0.5, 0.6) is 0 Å². The second-order valence-electron chi connectivity index (χ2n) is 4.12. The number of rotatable bonds is 6. The first-order chi connectivity index (χ1) is 8.04. The first-order valence-corrected chi connectivity index (χ1v) is 6.62. The molecule has 2 unspecified atom stereocenters. The molecule has 2 atom stereocenters. The number of halogens is 2. The Hall–Kier alpha value is -0.450. The summed E-state index contributed by atoms with van der Waals surface area (Å²) < 4.78 is 18.9. The molecule has 0 aliphatic heterocycles. The third kappa shape index (κ3) is 4.74. The quantitative estimate of drug-likeness (QED) is 0.866. The van der Waals surface area contributed by atoms with Gasteiger partial charge in [-0.15, -0.1) is 0 Å². The molecule has 0 saturated carbocycles. The molecule has 0 aliphatic rings. The predicted molar refractivity (Wildman–Crippen MR) is 71.6 cm³/mol. The molecule has 1 rings (SSSR count). The van der Waals surface area contributed by atoms with Gasteiger partial charge in [0.05, 0.1) is 11.1 Å². The fourth-order valence-electron chi connectivity index (χ4n) is 1.65. The van der Waals surface area contributed by atoms with E-state index in [9.17, 15) is 4.39 Å². The first-order valence-electron chi connectivity index (χ1n) is 5.83. The van der Waals surface area contributed by atoms with Crippen LogP contribution in [-0.4, -0.2) is 19.3 Å². The molecular weight excluding hydrogens is 285 g/mol. The molecule has 1 aromatic rings. The van der Waals surface area contributed by atoms with Gasteiger partial charge >= 0.3 is 0 Å². The lowest BCUT2D eigenvalue weighted by molar-refractivity contribution is 0.124. The van der Waals surface area contributed by atoms with Crippen molar-refractivity contribution in [1.82, 2.24) is 5.32 Å². The molecule has 0 saturated heterocycles. The number of ether oxygens (including phenoxy) is 1. The SMILES string of the molecule is CCOCC(C)NC(C)c1ccc(F)c(Br)c1. The second kappa shape index (κ2) is 7.09. The molecule has 0 bridgehead atoms. The van der Waals surface area contributed by atoms with Crippen molar-refractivity contribution in [2.45, 2.75) is 32.9 Å². The van der Waals surface area contributed by atoms with Gasteiger partial charge in [-0.25, -0.2) is 4.39 Å². The predicted octanol–water partition coefficient (Wildman–Crippen LogP) is 3.66. The van der Waals surface area contributed by atoms with Gasteiger partial charge in [0.15, 0.2) is 0 Å². The van der Waals surface area contributed by atoms with Gasteiger partial charge in [0.25, 0.3) is 0 Å². The summed E-state index contributed by atoms with van der Waals surface area (Å²) in [6.07, 6.45) is 0. The van der Waals surface area contributed by atoms with Crippen molar-refractivity contribution in [2.24, 2.45) is 0 Å². The largest absolute Gasteiger partial charge is 0.380 e. The van der Waals surface area contributed by atoms with Crippen LogP contribution in [0.15, 0.2) is 22.7 Å². The fraction of sp³-hybridized carbons (Fsp3) is 0.538. The average molecular weight is 304 g/mol. The Bertz CT molecular complexity index is 359. The van der Waals surface area contributed by atoms with Crippen molar-refractivity contribution in [3.8, 4) is 0 Å². The normalized spacial score (nSPS) is 14.6. The van der Waals surface area contributed by atoms with E-state index < -0.39 is 0 Å². The van der Waals surface area contributed by atoms with Crippen molar-refractivity contribution in [1.29, 1.82) is 0 Å². The maximum Gasteiger partial charge on any atom is 0.137 e. The minimum absolute atomic E-state index is 0.169. The van der Waals surface area contributed by atoms with E-state index in [1.54, 1.807) is 12.1 Å². The molecule has 0 spiro atoms. The average Bonchev–Trinajstić information content (AvgIpc) is 2.30. The van der Waals surface area contributed by atoms with Gasteiger partial charge in [-0.3, -0.25) is 0 Å². The van der Waals surface area contributed by atoms with E-state index in [-0.39, 0.29) is 17.9 Å². The summed E-state index contributed by atoms with van der Waals surface area (Å²) in [5.41, 5.74) is 1.06. The fourth-order valence-corrected chi connectivity index (χ4v) is 2.04. The maximum absolute atomic E-state index is 13.1. The van der Waals surface area contributed by atoms with Crippen LogP contribution in [0.4, 0.5) is 4.39 Å². The van der Waals surface area contributed by atoms with Gasteiger partial charge in [0.1, 0.15) is 5.82 Å². The van der Waals surface area contributed by atoms with Crippen LogP contribution in [0.2, 0.25) is 0 Å². The lowest BCUT2D eigenvalue weighted by Crippen LogP contribution is -2.32. The smallest absolute Gasteiger partial charge is 0.137 e.